The van der Waals surface area contributed by atoms with Gasteiger partial charge in [0.25, 0.3) is 0 Å². The van der Waals surface area contributed by atoms with Crippen LogP contribution in [0.4, 0.5) is 0 Å². The van der Waals surface area contributed by atoms with Gasteiger partial charge in [0.15, 0.2) is 0 Å². The van der Waals surface area contributed by atoms with Crippen molar-refractivity contribution in [3.63, 3.8) is 0 Å². The summed E-state index contributed by atoms with van der Waals surface area (Å²) in [6.45, 7) is 11.3. The summed E-state index contributed by atoms with van der Waals surface area (Å²) in [4.78, 5) is 0. The van der Waals surface area contributed by atoms with Crippen LogP contribution in [-0.4, -0.2) is 19.6 Å². The fourth-order valence-electron chi connectivity index (χ4n) is 2.69. The number of aryl methyl sites for hydroxylation is 1. The van der Waals surface area contributed by atoms with Gasteiger partial charge in [0.05, 0.1) is 23.3 Å². The molecule has 0 fully saturated rings. The number of nitrogens with zero attached hydrogens (tertiary/aromatic N) is 4. The van der Waals surface area contributed by atoms with Crippen LogP contribution in [0.15, 0.2) is 12.3 Å². The van der Waals surface area contributed by atoms with Crippen LogP contribution in [0.3, 0.4) is 0 Å². The van der Waals surface area contributed by atoms with Crippen LogP contribution >= 0.6 is 11.6 Å². The number of aromatic nitrogens is 4. The van der Waals surface area contributed by atoms with Gasteiger partial charge in [-0.2, -0.15) is 10.2 Å². The van der Waals surface area contributed by atoms with E-state index < -0.39 is 0 Å². The maximum Gasteiger partial charge on any atom is 0.0853 e. The zero-order valence-corrected chi connectivity index (χ0v) is 14.4. The van der Waals surface area contributed by atoms with Gasteiger partial charge in [-0.1, -0.05) is 13.8 Å². The highest BCUT2D eigenvalue weighted by molar-refractivity contribution is 6.20. The molecule has 0 aliphatic carbocycles. The topological polar surface area (TPSA) is 35.6 Å². The first-order chi connectivity index (χ1) is 9.97. The van der Waals surface area contributed by atoms with Crippen LogP contribution in [0.1, 0.15) is 68.7 Å². The Labute approximate surface area is 132 Å². The maximum absolute atomic E-state index is 6.36. The molecule has 1 unspecified atom stereocenters. The van der Waals surface area contributed by atoms with Gasteiger partial charge in [0.1, 0.15) is 0 Å². The van der Waals surface area contributed by atoms with Crippen LogP contribution in [0.5, 0.6) is 0 Å². The number of halogens is 1. The molecule has 0 N–H and O–H groups in total. The molecule has 2 aromatic heterocycles. The second kappa shape index (κ2) is 6.65. The summed E-state index contributed by atoms with van der Waals surface area (Å²) in [6, 6.07) is 2.45. The summed E-state index contributed by atoms with van der Waals surface area (Å²) >= 11 is 6.36. The van der Waals surface area contributed by atoms with Crippen molar-refractivity contribution in [2.45, 2.75) is 65.4 Å². The zero-order chi connectivity index (χ0) is 15.6. The first kappa shape index (κ1) is 16.1. The molecule has 1 atom stereocenters. The molecule has 0 saturated heterocycles. The van der Waals surface area contributed by atoms with Crippen molar-refractivity contribution in [2.75, 3.05) is 0 Å². The zero-order valence-electron chi connectivity index (χ0n) is 13.6. The molecule has 0 aliphatic heterocycles. The molecule has 2 rings (SSSR count). The molecule has 0 radical (unpaired) electrons. The molecule has 0 bridgehead atoms. The number of rotatable bonds is 6. The minimum Gasteiger partial charge on any atom is -0.270 e. The Hall–Kier alpha value is -1.29. The van der Waals surface area contributed by atoms with Crippen molar-refractivity contribution in [3.05, 3.63) is 34.9 Å². The van der Waals surface area contributed by atoms with Crippen LogP contribution in [-0.2, 0) is 19.4 Å². The van der Waals surface area contributed by atoms with Gasteiger partial charge in [-0.3, -0.25) is 9.36 Å². The van der Waals surface area contributed by atoms with Gasteiger partial charge in [0.2, 0.25) is 0 Å². The predicted molar refractivity (Wildman–Crippen MR) is 87.0 cm³/mol. The molecule has 0 aliphatic rings. The Bertz CT molecular complexity index is 595. The van der Waals surface area contributed by atoms with E-state index in [0.717, 1.165) is 24.2 Å². The standard InChI is InChI=1S/C16H25ClN4/c1-6-14-16(12(5)17)15(7-2)21(19-14)10-13-8-9-20(18-13)11(3)4/h8-9,11-12H,6-7,10H2,1-5H3. The minimum absolute atomic E-state index is 0.00290. The molecule has 116 valence electrons. The van der Waals surface area contributed by atoms with E-state index in [2.05, 4.69) is 43.5 Å². The summed E-state index contributed by atoms with van der Waals surface area (Å²) in [5.74, 6) is 0. The minimum atomic E-state index is -0.00290. The first-order valence-corrected chi connectivity index (χ1v) is 8.18. The highest BCUT2D eigenvalue weighted by atomic mass is 35.5. The molecule has 0 spiro atoms. The van der Waals surface area contributed by atoms with Crippen molar-refractivity contribution in [1.29, 1.82) is 0 Å². The van der Waals surface area contributed by atoms with Gasteiger partial charge in [-0.05, 0) is 39.7 Å². The van der Waals surface area contributed by atoms with Crippen LogP contribution < -0.4 is 0 Å². The number of hydrogen-bond donors (Lipinski definition) is 0. The Balaban J connectivity index is 2.34. The Morgan fingerprint density at radius 2 is 1.86 bits per heavy atom. The fraction of sp³-hybridized carbons (Fsp3) is 0.625. The SMILES string of the molecule is CCc1nn(Cc2ccn(C(C)C)n2)c(CC)c1C(C)Cl. The van der Waals surface area contributed by atoms with Crippen LogP contribution in [0.2, 0.25) is 0 Å². The lowest BCUT2D eigenvalue weighted by Crippen LogP contribution is -2.09. The van der Waals surface area contributed by atoms with Crippen molar-refractivity contribution in [3.8, 4) is 0 Å². The second-order valence-electron chi connectivity index (χ2n) is 5.67. The highest BCUT2D eigenvalue weighted by Crippen LogP contribution is 2.28. The second-order valence-corrected chi connectivity index (χ2v) is 6.32. The molecule has 5 heteroatoms. The third kappa shape index (κ3) is 3.31. The van der Waals surface area contributed by atoms with Gasteiger partial charge in [0, 0.05) is 23.5 Å². The molecular formula is C16H25ClN4. The van der Waals surface area contributed by atoms with E-state index in [0.29, 0.717) is 12.6 Å². The lowest BCUT2D eigenvalue weighted by atomic mass is 10.1. The molecule has 2 aromatic rings. The van der Waals surface area contributed by atoms with Crippen molar-refractivity contribution in [2.24, 2.45) is 0 Å². The lowest BCUT2D eigenvalue weighted by Gasteiger charge is -2.08. The summed E-state index contributed by atoms with van der Waals surface area (Å²) in [5, 5.41) is 9.36. The van der Waals surface area contributed by atoms with E-state index in [9.17, 15) is 0 Å². The normalized spacial score (nSPS) is 13.1. The van der Waals surface area contributed by atoms with E-state index >= 15 is 0 Å². The molecule has 4 nitrogen and oxygen atoms in total. The Kier molecular flexibility index (Phi) is 5.09. The van der Waals surface area contributed by atoms with Gasteiger partial charge < -0.3 is 0 Å². The van der Waals surface area contributed by atoms with Crippen LogP contribution in [0.25, 0.3) is 0 Å². The lowest BCUT2D eigenvalue weighted by molar-refractivity contribution is 0.518. The molecular weight excluding hydrogens is 284 g/mol. The van der Waals surface area contributed by atoms with E-state index in [1.54, 1.807) is 0 Å². The molecule has 0 amide bonds. The molecule has 0 saturated carbocycles. The molecule has 2 heterocycles. The summed E-state index contributed by atoms with van der Waals surface area (Å²) in [7, 11) is 0. The van der Waals surface area contributed by atoms with Crippen molar-refractivity contribution < 1.29 is 0 Å². The third-order valence-electron chi connectivity index (χ3n) is 3.75. The van der Waals surface area contributed by atoms with E-state index in [4.69, 9.17) is 16.7 Å². The first-order valence-electron chi connectivity index (χ1n) is 7.74. The predicted octanol–water partition coefficient (Wildman–Crippen LogP) is 4.13. The highest BCUT2D eigenvalue weighted by Gasteiger charge is 2.19. The monoisotopic (exact) mass is 308 g/mol. The van der Waals surface area contributed by atoms with Gasteiger partial charge in [-0.15, -0.1) is 11.6 Å². The summed E-state index contributed by atoms with van der Waals surface area (Å²) < 4.78 is 4.05. The van der Waals surface area contributed by atoms with Gasteiger partial charge >= 0.3 is 0 Å². The average Bonchev–Trinajstić information content (AvgIpc) is 3.03. The average molecular weight is 309 g/mol. The Morgan fingerprint density at radius 3 is 2.33 bits per heavy atom. The smallest absolute Gasteiger partial charge is 0.0853 e. The van der Waals surface area contributed by atoms with E-state index in [1.807, 2.05) is 17.8 Å². The fourth-order valence-corrected chi connectivity index (χ4v) is 2.94. The third-order valence-corrected chi connectivity index (χ3v) is 3.96. The largest absolute Gasteiger partial charge is 0.270 e. The Morgan fingerprint density at radius 1 is 1.14 bits per heavy atom. The van der Waals surface area contributed by atoms with E-state index in [1.165, 1.54) is 11.3 Å². The van der Waals surface area contributed by atoms with E-state index in [-0.39, 0.29) is 5.38 Å². The quantitative estimate of drug-likeness (QED) is 0.752. The van der Waals surface area contributed by atoms with Crippen molar-refractivity contribution in [1.82, 2.24) is 19.6 Å². The number of hydrogen-bond acceptors (Lipinski definition) is 2. The van der Waals surface area contributed by atoms with Crippen molar-refractivity contribution >= 4 is 11.6 Å². The van der Waals surface area contributed by atoms with Gasteiger partial charge in [-0.25, -0.2) is 0 Å². The number of alkyl halides is 1. The maximum atomic E-state index is 6.36. The molecule has 21 heavy (non-hydrogen) atoms. The van der Waals surface area contributed by atoms with Crippen LogP contribution in [0, 0.1) is 0 Å². The summed E-state index contributed by atoms with van der Waals surface area (Å²) in [6.07, 6.45) is 3.87. The summed E-state index contributed by atoms with van der Waals surface area (Å²) in [5.41, 5.74) is 4.58. The molecule has 0 aromatic carbocycles.